The summed E-state index contributed by atoms with van der Waals surface area (Å²) in [7, 11) is 0. The van der Waals surface area contributed by atoms with E-state index in [0.717, 1.165) is 17.7 Å². The SMILES string of the molecule is O=C(NCCO)c1n[nH]c2c1COCC2. The van der Waals surface area contributed by atoms with Gasteiger partial charge in [0.15, 0.2) is 5.69 Å². The van der Waals surface area contributed by atoms with Crippen LogP contribution in [-0.2, 0) is 17.8 Å². The minimum atomic E-state index is -0.271. The summed E-state index contributed by atoms with van der Waals surface area (Å²) < 4.78 is 5.26. The first-order valence-corrected chi connectivity index (χ1v) is 4.86. The molecular weight excluding hydrogens is 198 g/mol. The van der Waals surface area contributed by atoms with Gasteiger partial charge in [0.2, 0.25) is 0 Å². The summed E-state index contributed by atoms with van der Waals surface area (Å²) in [6.07, 6.45) is 0.760. The van der Waals surface area contributed by atoms with Crippen LogP contribution in [0.15, 0.2) is 0 Å². The van der Waals surface area contributed by atoms with E-state index in [2.05, 4.69) is 15.5 Å². The van der Waals surface area contributed by atoms with Crippen molar-refractivity contribution in [2.24, 2.45) is 0 Å². The number of amides is 1. The number of nitrogens with one attached hydrogen (secondary N) is 2. The van der Waals surface area contributed by atoms with Crippen molar-refractivity contribution >= 4 is 5.91 Å². The van der Waals surface area contributed by atoms with E-state index in [0.29, 0.717) is 18.9 Å². The molecule has 6 nitrogen and oxygen atoms in total. The van der Waals surface area contributed by atoms with E-state index in [1.165, 1.54) is 0 Å². The smallest absolute Gasteiger partial charge is 0.272 e. The number of ether oxygens (including phenoxy) is 1. The van der Waals surface area contributed by atoms with Gasteiger partial charge in [0.05, 0.1) is 19.8 Å². The van der Waals surface area contributed by atoms with Crippen LogP contribution < -0.4 is 5.32 Å². The highest BCUT2D eigenvalue weighted by Gasteiger charge is 2.21. The summed E-state index contributed by atoms with van der Waals surface area (Å²) in [6.45, 7) is 1.25. The first kappa shape index (κ1) is 10.1. The Kier molecular flexibility index (Phi) is 2.98. The van der Waals surface area contributed by atoms with Crippen LogP contribution in [0.4, 0.5) is 0 Å². The number of H-pyrrole nitrogens is 1. The number of aliphatic hydroxyl groups is 1. The Morgan fingerprint density at radius 3 is 3.33 bits per heavy atom. The number of aliphatic hydroxyl groups excluding tert-OH is 1. The molecular formula is C9H13N3O3. The van der Waals surface area contributed by atoms with Gasteiger partial charge in [-0.3, -0.25) is 9.89 Å². The van der Waals surface area contributed by atoms with E-state index >= 15 is 0 Å². The van der Waals surface area contributed by atoms with Crippen molar-refractivity contribution < 1.29 is 14.6 Å². The van der Waals surface area contributed by atoms with Crippen LogP contribution in [0.5, 0.6) is 0 Å². The number of hydrogen-bond acceptors (Lipinski definition) is 4. The second-order valence-corrected chi connectivity index (χ2v) is 3.31. The Hall–Kier alpha value is -1.40. The maximum atomic E-state index is 11.6. The van der Waals surface area contributed by atoms with Crippen molar-refractivity contribution in [3.8, 4) is 0 Å². The lowest BCUT2D eigenvalue weighted by molar-refractivity contribution is 0.0917. The summed E-state index contributed by atoms with van der Waals surface area (Å²) >= 11 is 0. The number of fused-ring (bicyclic) bond motifs is 1. The zero-order chi connectivity index (χ0) is 10.7. The normalized spacial score (nSPS) is 14.7. The molecule has 1 aliphatic heterocycles. The lowest BCUT2D eigenvalue weighted by Crippen LogP contribution is -2.28. The van der Waals surface area contributed by atoms with Gasteiger partial charge in [-0.15, -0.1) is 0 Å². The van der Waals surface area contributed by atoms with Gasteiger partial charge in [-0.1, -0.05) is 0 Å². The van der Waals surface area contributed by atoms with Gasteiger partial charge in [-0.2, -0.15) is 5.10 Å². The van der Waals surface area contributed by atoms with E-state index in [1.807, 2.05) is 0 Å². The monoisotopic (exact) mass is 211 g/mol. The molecule has 2 heterocycles. The number of carbonyl (C=O) groups excluding carboxylic acids is 1. The number of rotatable bonds is 3. The molecule has 0 spiro atoms. The van der Waals surface area contributed by atoms with Crippen molar-refractivity contribution in [3.05, 3.63) is 17.0 Å². The number of hydrogen-bond donors (Lipinski definition) is 3. The predicted molar refractivity (Wildman–Crippen MR) is 51.4 cm³/mol. The second kappa shape index (κ2) is 4.41. The Balaban J connectivity index is 2.14. The second-order valence-electron chi connectivity index (χ2n) is 3.31. The van der Waals surface area contributed by atoms with Crippen molar-refractivity contribution in [3.63, 3.8) is 0 Å². The highest BCUT2D eigenvalue weighted by molar-refractivity contribution is 5.93. The van der Waals surface area contributed by atoms with E-state index in [9.17, 15) is 4.79 Å². The van der Waals surface area contributed by atoms with Crippen LogP contribution in [0.1, 0.15) is 21.7 Å². The van der Waals surface area contributed by atoms with Crippen LogP contribution in [0.25, 0.3) is 0 Å². The fraction of sp³-hybridized carbons (Fsp3) is 0.556. The highest BCUT2D eigenvalue weighted by atomic mass is 16.5. The summed E-state index contributed by atoms with van der Waals surface area (Å²) in [5.74, 6) is -0.271. The topological polar surface area (TPSA) is 87.2 Å². The van der Waals surface area contributed by atoms with Crippen LogP contribution in [0.3, 0.4) is 0 Å². The molecule has 0 fully saturated rings. The third-order valence-corrected chi connectivity index (χ3v) is 2.31. The fourth-order valence-corrected chi connectivity index (χ4v) is 1.55. The summed E-state index contributed by atoms with van der Waals surface area (Å²) in [5.41, 5.74) is 2.17. The molecule has 2 rings (SSSR count). The number of nitrogens with zero attached hydrogens (tertiary/aromatic N) is 1. The van der Waals surface area contributed by atoms with E-state index < -0.39 is 0 Å². The number of carbonyl (C=O) groups is 1. The molecule has 0 atom stereocenters. The highest BCUT2D eigenvalue weighted by Crippen LogP contribution is 2.17. The van der Waals surface area contributed by atoms with E-state index in [-0.39, 0.29) is 19.1 Å². The summed E-state index contributed by atoms with van der Waals surface area (Å²) in [4.78, 5) is 11.6. The maximum Gasteiger partial charge on any atom is 0.272 e. The zero-order valence-corrected chi connectivity index (χ0v) is 8.25. The average Bonchev–Trinajstić information content (AvgIpc) is 2.69. The molecule has 0 radical (unpaired) electrons. The molecule has 0 unspecified atom stereocenters. The van der Waals surface area contributed by atoms with E-state index in [1.54, 1.807) is 0 Å². The molecule has 1 aromatic heterocycles. The summed E-state index contributed by atoms with van der Waals surface area (Å²) in [5, 5.41) is 17.9. The molecule has 3 N–H and O–H groups in total. The maximum absolute atomic E-state index is 11.6. The first-order valence-electron chi connectivity index (χ1n) is 4.86. The molecule has 0 saturated carbocycles. The van der Waals surface area contributed by atoms with Crippen LogP contribution in [-0.4, -0.2) is 41.0 Å². The van der Waals surface area contributed by atoms with Crippen molar-refractivity contribution in [2.75, 3.05) is 19.8 Å². The number of aromatic amines is 1. The van der Waals surface area contributed by atoms with Crippen LogP contribution in [0.2, 0.25) is 0 Å². The standard InChI is InChI=1S/C9H13N3O3/c13-3-2-10-9(14)8-6-5-15-4-1-7(6)11-12-8/h13H,1-5H2,(H,10,14)(H,11,12). The van der Waals surface area contributed by atoms with Crippen LogP contribution in [0, 0.1) is 0 Å². The van der Waals surface area contributed by atoms with Crippen molar-refractivity contribution in [1.29, 1.82) is 0 Å². The minimum absolute atomic E-state index is 0.0746. The van der Waals surface area contributed by atoms with Crippen molar-refractivity contribution in [2.45, 2.75) is 13.0 Å². The lowest BCUT2D eigenvalue weighted by atomic mass is 10.1. The predicted octanol–water partition coefficient (Wildman–Crippen LogP) is -0.796. The number of aromatic nitrogens is 2. The lowest BCUT2D eigenvalue weighted by Gasteiger charge is -2.11. The Morgan fingerprint density at radius 2 is 2.53 bits per heavy atom. The Bertz CT molecular complexity index is 361. The van der Waals surface area contributed by atoms with Crippen molar-refractivity contribution in [1.82, 2.24) is 15.5 Å². The quantitative estimate of drug-likeness (QED) is 0.611. The fourth-order valence-electron chi connectivity index (χ4n) is 1.55. The molecule has 0 aromatic carbocycles. The largest absolute Gasteiger partial charge is 0.395 e. The van der Waals surface area contributed by atoms with Gasteiger partial charge in [0.25, 0.3) is 5.91 Å². The van der Waals surface area contributed by atoms with Gasteiger partial charge in [-0.05, 0) is 0 Å². The first-order chi connectivity index (χ1) is 7.33. The van der Waals surface area contributed by atoms with Gasteiger partial charge in [0, 0.05) is 24.2 Å². The Morgan fingerprint density at radius 1 is 1.67 bits per heavy atom. The van der Waals surface area contributed by atoms with Gasteiger partial charge < -0.3 is 15.2 Å². The molecule has 1 amide bonds. The molecule has 1 aromatic rings. The van der Waals surface area contributed by atoms with Gasteiger partial charge in [-0.25, -0.2) is 0 Å². The molecule has 0 bridgehead atoms. The van der Waals surface area contributed by atoms with E-state index in [4.69, 9.17) is 9.84 Å². The van der Waals surface area contributed by atoms with Crippen LogP contribution >= 0.6 is 0 Å². The zero-order valence-electron chi connectivity index (χ0n) is 8.25. The van der Waals surface area contributed by atoms with Gasteiger partial charge in [0.1, 0.15) is 0 Å². The molecule has 1 aliphatic rings. The molecule has 6 heteroatoms. The Labute approximate surface area is 86.6 Å². The average molecular weight is 211 g/mol. The van der Waals surface area contributed by atoms with Gasteiger partial charge >= 0.3 is 0 Å². The third kappa shape index (κ3) is 2.00. The molecule has 0 saturated heterocycles. The molecule has 15 heavy (non-hydrogen) atoms. The molecule has 0 aliphatic carbocycles. The minimum Gasteiger partial charge on any atom is -0.395 e. The third-order valence-electron chi connectivity index (χ3n) is 2.31. The summed E-state index contributed by atoms with van der Waals surface area (Å²) in [6, 6.07) is 0. The molecule has 82 valence electrons.